The molecule has 0 saturated heterocycles. The minimum absolute atomic E-state index is 0.140. The zero-order chi connectivity index (χ0) is 21.8. The van der Waals surface area contributed by atoms with Gasteiger partial charge in [-0.15, -0.1) is 11.3 Å². The van der Waals surface area contributed by atoms with E-state index in [2.05, 4.69) is 10.3 Å². The van der Waals surface area contributed by atoms with E-state index in [0.29, 0.717) is 33.7 Å². The van der Waals surface area contributed by atoms with Crippen LogP contribution < -0.4 is 10.1 Å². The van der Waals surface area contributed by atoms with Gasteiger partial charge < -0.3 is 10.1 Å². The van der Waals surface area contributed by atoms with Crippen LogP contribution in [0, 0.1) is 0 Å². The van der Waals surface area contributed by atoms with Crippen molar-refractivity contribution in [2.24, 2.45) is 4.99 Å². The van der Waals surface area contributed by atoms with E-state index >= 15 is 0 Å². The number of nitrogens with one attached hydrogen (secondary N) is 1. The van der Waals surface area contributed by atoms with Gasteiger partial charge in [-0.3, -0.25) is 4.79 Å². The van der Waals surface area contributed by atoms with E-state index in [1.807, 2.05) is 25.1 Å². The molecule has 1 aliphatic carbocycles. The minimum Gasteiger partial charge on any atom is -0.492 e. The fourth-order valence-electron chi connectivity index (χ4n) is 3.61. The zero-order valence-electron chi connectivity index (χ0n) is 17.1. The van der Waals surface area contributed by atoms with E-state index in [1.54, 1.807) is 41.8 Å². The molecule has 2 aromatic carbocycles. The Bertz CT molecular complexity index is 1120. The molecule has 3 aromatic rings. The van der Waals surface area contributed by atoms with Crippen molar-refractivity contribution in [2.45, 2.75) is 32.6 Å². The molecule has 1 aliphatic rings. The number of carbonyl (C=O) groups excluding carboxylic acids is 1. The summed E-state index contributed by atoms with van der Waals surface area (Å²) >= 11 is 13.9. The summed E-state index contributed by atoms with van der Waals surface area (Å²) < 4.78 is 5.49. The molecule has 0 fully saturated rings. The lowest BCUT2D eigenvalue weighted by atomic mass is 9.95. The number of carbonyl (C=O) groups is 1. The van der Waals surface area contributed by atoms with Gasteiger partial charge in [0.2, 0.25) is 0 Å². The lowest BCUT2D eigenvalue weighted by Crippen LogP contribution is -2.14. The molecule has 1 amide bonds. The molecule has 0 radical (unpaired) electrons. The van der Waals surface area contributed by atoms with Gasteiger partial charge >= 0.3 is 0 Å². The highest BCUT2D eigenvalue weighted by molar-refractivity contribution is 7.16. The maximum atomic E-state index is 13.2. The van der Waals surface area contributed by atoms with Crippen LogP contribution in [0.25, 0.3) is 0 Å². The number of anilines is 1. The van der Waals surface area contributed by atoms with E-state index in [0.717, 1.165) is 41.8 Å². The SMILES string of the molecule is CCOc1ccc(C=Nc2sc3c(c2C(=O)Nc2ccc(Cl)cc2)CCCC3)cc1Cl. The highest BCUT2D eigenvalue weighted by Crippen LogP contribution is 2.40. The summed E-state index contributed by atoms with van der Waals surface area (Å²) in [7, 11) is 0. The minimum atomic E-state index is -0.140. The van der Waals surface area contributed by atoms with E-state index in [1.165, 1.54) is 4.88 Å². The third-order valence-electron chi connectivity index (χ3n) is 5.07. The van der Waals surface area contributed by atoms with Crippen LogP contribution in [0.1, 0.15) is 46.1 Å². The van der Waals surface area contributed by atoms with Crippen LogP contribution in [0.4, 0.5) is 10.7 Å². The molecule has 0 aliphatic heterocycles. The van der Waals surface area contributed by atoms with Gasteiger partial charge in [0.25, 0.3) is 5.91 Å². The van der Waals surface area contributed by atoms with Gasteiger partial charge in [0.05, 0.1) is 17.2 Å². The van der Waals surface area contributed by atoms with Crippen LogP contribution in [0.5, 0.6) is 5.75 Å². The van der Waals surface area contributed by atoms with Gasteiger partial charge in [0.15, 0.2) is 0 Å². The van der Waals surface area contributed by atoms with Crippen molar-refractivity contribution in [3.05, 3.63) is 74.1 Å². The predicted octanol–water partition coefficient (Wildman–Crippen LogP) is 7.34. The first-order valence-electron chi connectivity index (χ1n) is 10.2. The highest BCUT2D eigenvalue weighted by Gasteiger charge is 2.25. The van der Waals surface area contributed by atoms with Crippen molar-refractivity contribution in [1.29, 1.82) is 0 Å². The van der Waals surface area contributed by atoms with Crippen LogP contribution in [0.15, 0.2) is 47.5 Å². The lowest BCUT2D eigenvalue weighted by molar-refractivity contribution is 0.102. The normalized spacial score (nSPS) is 13.3. The highest BCUT2D eigenvalue weighted by atomic mass is 35.5. The maximum absolute atomic E-state index is 13.2. The number of nitrogens with zero attached hydrogens (tertiary/aromatic N) is 1. The summed E-state index contributed by atoms with van der Waals surface area (Å²) in [6.07, 6.45) is 5.87. The topological polar surface area (TPSA) is 50.7 Å². The molecule has 4 nitrogen and oxygen atoms in total. The second-order valence-corrected chi connectivity index (χ2v) is 9.16. The Morgan fingerprint density at radius 3 is 2.68 bits per heavy atom. The van der Waals surface area contributed by atoms with E-state index < -0.39 is 0 Å². The van der Waals surface area contributed by atoms with E-state index in [9.17, 15) is 4.79 Å². The molecule has 31 heavy (non-hydrogen) atoms. The van der Waals surface area contributed by atoms with Crippen LogP contribution in [-0.2, 0) is 12.8 Å². The molecule has 1 aromatic heterocycles. The number of fused-ring (bicyclic) bond motifs is 1. The Morgan fingerprint density at radius 1 is 1.16 bits per heavy atom. The molecule has 0 unspecified atom stereocenters. The number of rotatable bonds is 6. The van der Waals surface area contributed by atoms with Crippen molar-refractivity contribution in [3.63, 3.8) is 0 Å². The smallest absolute Gasteiger partial charge is 0.259 e. The Hall–Kier alpha value is -2.34. The van der Waals surface area contributed by atoms with Crippen molar-refractivity contribution >= 4 is 57.3 Å². The van der Waals surface area contributed by atoms with Crippen molar-refractivity contribution in [1.82, 2.24) is 0 Å². The van der Waals surface area contributed by atoms with Crippen molar-refractivity contribution in [2.75, 3.05) is 11.9 Å². The molecule has 7 heteroatoms. The van der Waals surface area contributed by atoms with Gasteiger partial charge in [-0.05, 0) is 86.2 Å². The number of amides is 1. The monoisotopic (exact) mass is 472 g/mol. The Kier molecular flexibility index (Phi) is 6.96. The maximum Gasteiger partial charge on any atom is 0.259 e. The second-order valence-electron chi connectivity index (χ2n) is 7.23. The number of hydrogen-bond acceptors (Lipinski definition) is 4. The molecule has 0 saturated carbocycles. The molecular weight excluding hydrogens is 451 g/mol. The number of halogens is 2. The first kappa shape index (κ1) is 21.9. The van der Waals surface area contributed by atoms with Gasteiger partial charge in [-0.1, -0.05) is 23.2 Å². The Balaban J connectivity index is 1.63. The molecule has 1 heterocycles. The van der Waals surface area contributed by atoms with E-state index in [4.69, 9.17) is 27.9 Å². The van der Waals surface area contributed by atoms with Gasteiger partial charge in [-0.25, -0.2) is 4.99 Å². The fourth-order valence-corrected chi connectivity index (χ4v) is 5.21. The quantitative estimate of drug-likeness (QED) is 0.381. The van der Waals surface area contributed by atoms with Crippen molar-refractivity contribution in [3.8, 4) is 5.75 Å². The van der Waals surface area contributed by atoms with Crippen LogP contribution >= 0.6 is 34.5 Å². The standard InChI is InChI=1S/C24H22Cl2N2O2S/c1-2-30-20-12-7-15(13-19(20)26)14-27-24-22(18-5-3-4-6-21(18)31-24)23(29)28-17-10-8-16(25)9-11-17/h7-14H,2-6H2,1H3,(H,28,29). The molecule has 4 rings (SSSR count). The fraction of sp³-hybridized carbons (Fsp3) is 0.250. The summed E-state index contributed by atoms with van der Waals surface area (Å²) in [5.41, 5.74) is 3.35. The summed E-state index contributed by atoms with van der Waals surface area (Å²) in [5, 5.41) is 4.88. The number of aryl methyl sites for hydroxylation is 1. The Labute approximate surface area is 195 Å². The van der Waals surface area contributed by atoms with Crippen LogP contribution in [0.3, 0.4) is 0 Å². The summed E-state index contributed by atoms with van der Waals surface area (Å²) in [6.45, 7) is 2.47. The average molecular weight is 473 g/mol. The van der Waals surface area contributed by atoms with Gasteiger partial charge in [0, 0.05) is 21.8 Å². The summed E-state index contributed by atoms with van der Waals surface area (Å²) in [6, 6.07) is 12.7. The Morgan fingerprint density at radius 2 is 1.94 bits per heavy atom. The number of thiophene rings is 1. The summed E-state index contributed by atoms with van der Waals surface area (Å²) in [4.78, 5) is 19.1. The second kappa shape index (κ2) is 9.86. The number of benzene rings is 2. The average Bonchev–Trinajstić information content (AvgIpc) is 3.14. The largest absolute Gasteiger partial charge is 0.492 e. The number of aliphatic imine (C=N–C) groups is 1. The molecule has 160 valence electrons. The van der Waals surface area contributed by atoms with E-state index in [-0.39, 0.29) is 5.91 Å². The molecule has 0 bridgehead atoms. The third-order valence-corrected chi connectivity index (χ3v) is 6.82. The van der Waals surface area contributed by atoms with Crippen LogP contribution in [-0.4, -0.2) is 18.7 Å². The molecule has 1 N–H and O–H groups in total. The number of hydrogen-bond donors (Lipinski definition) is 1. The molecular formula is C24H22Cl2N2O2S. The van der Waals surface area contributed by atoms with Gasteiger partial charge in [0.1, 0.15) is 10.8 Å². The molecule has 0 spiro atoms. The lowest BCUT2D eigenvalue weighted by Gasteiger charge is -2.12. The number of ether oxygens (including phenoxy) is 1. The first-order valence-corrected chi connectivity index (χ1v) is 11.8. The zero-order valence-corrected chi connectivity index (χ0v) is 19.4. The molecule has 0 atom stereocenters. The third kappa shape index (κ3) is 5.12. The van der Waals surface area contributed by atoms with Crippen LogP contribution in [0.2, 0.25) is 10.0 Å². The predicted molar refractivity (Wildman–Crippen MR) is 130 cm³/mol. The summed E-state index contributed by atoms with van der Waals surface area (Å²) in [5.74, 6) is 0.509. The van der Waals surface area contributed by atoms with Crippen molar-refractivity contribution < 1.29 is 9.53 Å². The first-order chi connectivity index (χ1) is 15.0. The van der Waals surface area contributed by atoms with Gasteiger partial charge in [-0.2, -0.15) is 0 Å².